The second kappa shape index (κ2) is 13.0. The van der Waals surface area contributed by atoms with Crippen molar-refractivity contribution in [3.8, 4) is 17.3 Å². The van der Waals surface area contributed by atoms with Crippen molar-refractivity contribution in [3.05, 3.63) is 69.4 Å². The summed E-state index contributed by atoms with van der Waals surface area (Å²) in [6.07, 6.45) is 3.44. The average Bonchev–Trinajstić information content (AvgIpc) is 3.39. The zero-order valence-electron chi connectivity index (χ0n) is 24.1. The van der Waals surface area contributed by atoms with Gasteiger partial charge in [-0.15, -0.1) is 0 Å². The first kappa shape index (κ1) is 30.2. The number of benzene rings is 1. The van der Waals surface area contributed by atoms with Crippen LogP contribution in [-0.4, -0.2) is 58.3 Å². The summed E-state index contributed by atoms with van der Waals surface area (Å²) in [4.78, 5) is 35.0. The van der Waals surface area contributed by atoms with E-state index in [0.29, 0.717) is 54.6 Å². The van der Waals surface area contributed by atoms with Crippen LogP contribution in [0, 0.1) is 11.6 Å². The second-order valence-corrected chi connectivity index (χ2v) is 11.0. The van der Waals surface area contributed by atoms with Gasteiger partial charge in [0, 0.05) is 42.7 Å². The molecule has 4 aromatic rings. The lowest BCUT2D eigenvalue weighted by Gasteiger charge is -2.38. The number of hydrogen-bond donors (Lipinski definition) is 4. The Balaban J connectivity index is 1.09. The quantitative estimate of drug-likeness (QED) is 0.192. The Hall–Kier alpha value is -4.23. The van der Waals surface area contributed by atoms with E-state index in [1.54, 1.807) is 15.5 Å². The third-order valence-corrected chi connectivity index (χ3v) is 7.80. The Morgan fingerprint density at radius 3 is 2.74 bits per heavy atom. The molecule has 3 aromatic heterocycles. The van der Waals surface area contributed by atoms with Crippen LogP contribution in [0.3, 0.4) is 0 Å². The number of aromatic amines is 1. The van der Waals surface area contributed by atoms with E-state index in [0.717, 1.165) is 19.0 Å². The zero-order chi connectivity index (χ0) is 30.7. The molecule has 43 heavy (non-hydrogen) atoms. The summed E-state index contributed by atoms with van der Waals surface area (Å²) in [7, 11) is 0. The average molecular weight is 596 g/mol. The number of carbonyl (C=O) groups excluding carboxylic acids is 1. The van der Waals surface area contributed by atoms with E-state index in [1.165, 1.54) is 18.2 Å². The van der Waals surface area contributed by atoms with Gasteiger partial charge in [-0.3, -0.25) is 19.6 Å². The van der Waals surface area contributed by atoms with E-state index >= 15 is 0 Å². The molecule has 1 unspecified atom stereocenters. The smallest absolute Gasteiger partial charge is 0.223 e. The van der Waals surface area contributed by atoms with Crippen LogP contribution in [-0.2, 0) is 24.3 Å². The van der Waals surface area contributed by atoms with Crippen molar-refractivity contribution < 1.29 is 23.8 Å². The van der Waals surface area contributed by atoms with Gasteiger partial charge < -0.3 is 20.1 Å². The van der Waals surface area contributed by atoms with Crippen LogP contribution in [0.15, 0.2) is 35.3 Å². The minimum absolute atomic E-state index is 0.0220. The first-order valence-corrected chi connectivity index (χ1v) is 14.5. The number of aliphatic hydroxyl groups is 1. The van der Waals surface area contributed by atoms with Crippen molar-refractivity contribution >= 4 is 16.8 Å². The topological polar surface area (TPSA) is 149 Å². The van der Waals surface area contributed by atoms with Gasteiger partial charge in [0.15, 0.2) is 23.6 Å². The number of fused-ring (bicyclic) bond motifs is 2. The lowest BCUT2D eigenvalue weighted by atomic mass is 10.1. The molecule has 1 aromatic carbocycles. The molecule has 0 bridgehead atoms. The van der Waals surface area contributed by atoms with Gasteiger partial charge in [-0.2, -0.15) is 5.10 Å². The highest BCUT2D eigenvalue weighted by Gasteiger charge is 2.32. The number of aryl methyl sites for hydroxylation is 1. The lowest BCUT2D eigenvalue weighted by molar-refractivity contribution is -0.121. The SMILES string of the molecule is CC(C)N1CCn2c(CNC(=O)CCCCCCc3nc(-c4n[nH]c5ccc(F)cc45)ncc3F)cc(=O)c(O)c2C1O. The number of pyridine rings is 1. The predicted molar refractivity (Wildman–Crippen MR) is 155 cm³/mol. The lowest BCUT2D eigenvalue weighted by Crippen LogP contribution is -2.44. The fourth-order valence-corrected chi connectivity index (χ4v) is 5.47. The number of nitrogens with zero attached hydrogens (tertiary/aromatic N) is 5. The predicted octanol–water partition coefficient (Wildman–Crippen LogP) is 3.69. The van der Waals surface area contributed by atoms with E-state index in [1.807, 2.05) is 13.8 Å². The van der Waals surface area contributed by atoms with Crippen LogP contribution in [0.5, 0.6) is 5.75 Å². The molecule has 11 nitrogen and oxygen atoms in total. The Bertz CT molecular complexity index is 1690. The normalized spacial score (nSPS) is 15.3. The van der Waals surface area contributed by atoms with E-state index in [4.69, 9.17) is 0 Å². The Morgan fingerprint density at radius 1 is 1.16 bits per heavy atom. The molecule has 0 saturated carbocycles. The number of carbonyl (C=O) groups is 1. The number of hydrogen-bond acceptors (Lipinski definition) is 8. The summed E-state index contributed by atoms with van der Waals surface area (Å²) in [6.45, 7) is 4.96. The van der Waals surface area contributed by atoms with Gasteiger partial charge in [0.2, 0.25) is 11.3 Å². The van der Waals surface area contributed by atoms with Crippen LogP contribution >= 0.6 is 0 Å². The fourth-order valence-electron chi connectivity index (χ4n) is 5.47. The van der Waals surface area contributed by atoms with Crippen LogP contribution in [0.25, 0.3) is 22.4 Å². The number of unbranched alkanes of at least 4 members (excludes halogenated alkanes) is 3. The van der Waals surface area contributed by atoms with Gasteiger partial charge in [-0.25, -0.2) is 18.7 Å². The summed E-state index contributed by atoms with van der Waals surface area (Å²) in [6, 6.07) is 5.54. The number of nitrogens with one attached hydrogen (secondary N) is 2. The van der Waals surface area contributed by atoms with Crippen molar-refractivity contribution in [2.45, 2.75) is 77.7 Å². The van der Waals surface area contributed by atoms with E-state index in [2.05, 4.69) is 25.5 Å². The summed E-state index contributed by atoms with van der Waals surface area (Å²) >= 11 is 0. The third-order valence-electron chi connectivity index (χ3n) is 7.80. The van der Waals surface area contributed by atoms with Crippen molar-refractivity contribution in [2.24, 2.45) is 0 Å². The highest BCUT2D eigenvalue weighted by molar-refractivity contribution is 5.91. The number of H-pyrrole nitrogens is 1. The van der Waals surface area contributed by atoms with Gasteiger partial charge in [0.1, 0.15) is 17.2 Å². The molecule has 1 atom stereocenters. The number of aliphatic hydroxyl groups excluding tert-OH is 1. The van der Waals surface area contributed by atoms with Gasteiger partial charge in [-0.05, 0) is 51.3 Å². The number of rotatable bonds is 11. The van der Waals surface area contributed by atoms with Crippen LogP contribution in [0.2, 0.25) is 0 Å². The molecule has 13 heteroatoms. The monoisotopic (exact) mass is 595 g/mol. The maximum atomic E-state index is 14.4. The number of halogens is 2. The van der Waals surface area contributed by atoms with Crippen LogP contribution < -0.4 is 10.7 Å². The van der Waals surface area contributed by atoms with Gasteiger partial charge in [0.05, 0.1) is 24.0 Å². The molecule has 4 heterocycles. The maximum Gasteiger partial charge on any atom is 0.223 e. The van der Waals surface area contributed by atoms with E-state index in [-0.39, 0.29) is 42.1 Å². The molecule has 0 spiro atoms. The molecular weight excluding hydrogens is 560 g/mol. The third kappa shape index (κ3) is 6.57. The second-order valence-electron chi connectivity index (χ2n) is 11.0. The molecule has 4 N–H and O–H groups in total. The first-order valence-electron chi connectivity index (χ1n) is 14.5. The molecular formula is C30H35F2N7O4. The Kier molecular flexibility index (Phi) is 9.11. The molecule has 0 aliphatic carbocycles. The molecule has 5 rings (SSSR count). The maximum absolute atomic E-state index is 14.4. The summed E-state index contributed by atoms with van der Waals surface area (Å²) in [5.74, 6) is -1.37. The van der Waals surface area contributed by atoms with Crippen LogP contribution in [0.4, 0.5) is 8.78 Å². The van der Waals surface area contributed by atoms with Gasteiger partial charge in [-0.1, -0.05) is 12.8 Å². The highest BCUT2D eigenvalue weighted by atomic mass is 19.1. The fraction of sp³-hybridized carbons (Fsp3) is 0.433. The van der Waals surface area contributed by atoms with Crippen molar-refractivity contribution in [1.82, 2.24) is 34.9 Å². The largest absolute Gasteiger partial charge is 0.503 e. The number of aromatic nitrogens is 5. The van der Waals surface area contributed by atoms with Crippen molar-refractivity contribution in [2.75, 3.05) is 6.54 Å². The molecule has 1 aliphatic rings. The Labute approximate surface area is 246 Å². The van der Waals surface area contributed by atoms with Crippen LogP contribution in [0.1, 0.15) is 69.3 Å². The van der Waals surface area contributed by atoms with E-state index in [9.17, 15) is 28.6 Å². The standard InChI is InChI=1S/C30H35F2N7O4/c1-17(2)38-11-12-39-19(14-24(40)28(42)27(39)30(38)43)15-33-25(41)8-6-4-3-5-7-23-21(32)16-34-29(35-23)26-20-13-18(31)9-10-22(20)36-37-26/h9-10,13-14,16-17,30,42-43H,3-8,11-12,15H2,1-2H3,(H,33,41)(H,36,37). The molecule has 0 radical (unpaired) electrons. The number of aromatic hydroxyl groups is 1. The number of amides is 1. The highest BCUT2D eigenvalue weighted by Crippen LogP contribution is 2.31. The van der Waals surface area contributed by atoms with E-state index < -0.39 is 29.0 Å². The van der Waals surface area contributed by atoms with Gasteiger partial charge in [0.25, 0.3) is 0 Å². The summed E-state index contributed by atoms with van der Waals surface area (Å²) in [5, 5.41) is 31.4. The molecule has 0 fully saturated rings. The minimum Gasteiger partial charge on any atom is -0.503 e. The summed E-state index contributed by atoms with van der Waals surface area (Å²) in [5.41, 5.74) is 1.31. The molecule has 0 saturated heterocycles. The van der Waals surface area contributed by atoms with Crippen molar-refractivity contribution in [3.63, 3.8) is 0 Å². The molecule has 1 amide bonds. The Morgan fingerprint density at radius 2 is 1.95 bits per heavy atom. The molecule has 1 aliphatic heterocycles. The first-order chi connectivity index (χ1) is 20.6. The molecule has 228 valence electrons. The zero-order valence-corrected chi connectivity index (χ0v) is 24.1. The minimum atomic E-state index is -1.12. The van der Waals surface area contributed by atoms with Crippen molar-refractivity contribution in [1.29, 1.82) is 0 Å². The summed E-state index contributed by atoms with van der Waals surface area (Å²) < 4.78 is 29.8. The van der Waals surface area contributed by atoms with Gasteiger partial charge >= 0.3 is 0 Å².